The van der Waals surface area contributed by atoms with Crippen LogP contribution in [0.15, 0.2) is 146 Å². The fraction of sp³-hybridized carbons (Fsp3) is 0. The molecule has 0 atom stereocenters. The van der Waals surface area contributed by atoms with E-state index >= 15 is 0 Å². The number of hydrogen-bond acceptors (Lipinski definition) is 0. The summed E-state index contributed by atoms with van der Waals surface area (Å²) in [6, 6.07) is 53.6. The summed E-state index contributed by atoms with van der Waals surface area (Å²) in [5, 5.41) is 7.71. The van der Waals surface area contributed by atoms with Gasteiger partial charge in [0.05, 0.1) is 0 Å². The van der Waals surface area contributed by atoms with Crippen LogP contribution in [0.25, 0.3) is 54.6 Å². The Balaban J connectivity index is 1.53. The van der Waals surface area contributed by atoms with Crippen molar-refractivity contribution in [1.82, 2.24) is 0 Å². The molecule has 184 valence electrons. The van der Waals surface area contributed by atoms with E-state index in [0.717, 1.165) is 0 Å². The van der Waals surface area contributed by atoms with Crippen LogP contribution >= 0.6 is 0 Å². The maximum atomic E-state index is 2.43. The van der Waals surface area contributed by atoms with Gasteiger partial charge in [0.25, 0.3) is 0 Å². The van der Waals surface area contributed by atoms with Gasteiger partial charge in [-0.05, 0) is 100 Å². The minimum atomic E-state index is 1.27. The number of allylic oxidation sites excluding steroid dienone is 2. The Morgan fingerprint density at radius 3 is 1.60 bits per heavy atom. The van der Waals surface area contributed by atoms with Crippen molar-refractivity contribution in [3.8, 4) is 0 Å². The first-order chi connectivity index (χ1) is 19.9. The van der Waals surface area contributed by atoms with Crippen LogP contribution < -0.4 is 0 Å². The molecule has 0 saturated heterocycles. The molecule has 40 heavy (non-hydrogen) atoms. The monoisotopic (exact) mass is 504 g/mol. The van der Waals surface area contributed by atoms with Gasteiger partial charge < -0.3 is 0 Å². The molecule has 0 heteroatoms. The summed E-state index contributed by atoms with van der Waals surface area (Å²) < 4.78 is 0. The highest BCUT2D eigenvalue weighted by atomic mass is 14.4. The first-order valence-corrected chi connectivity index (χ1v) is 14.0. The van der Waals surface area contributed by atoms with E-state index in [1.807, 2.05) is 0 Å². The lowest BCUT2D eigenvalue weighted by Crippen LogP contribution is -1.94. The SMILES string of the molecule is c1ccc(C2=C3C(=C(c4cccc5ccccc45)c4cc5ccccc5cc43)c3c2ccc2ccccc32)cc1. The predicted molar refractivity (Wildman–Crippen MR) is 170 cm³/mol. The fourth-order valence-corrected chi connectivity index (χ4v) is 7.07. The van der Waals surface area contributed by atoms with Crippen LogP contribution in [-0.2, 0) is 0 Å². The second kappa shape index (κ2) is 8.15. The molecule has 0 fully saturated rings. The Morgan fingerprint density at radius 2 is 0.850 bits per heavy atom. The standard InChI is InChI=1S/C40H24/c1-2-13-27(14-3-1)36-33-22-21-26-12-7-9-19-31(26)37(33)40-38(32-20-10-17-25-11-6-8-18-30(25)32)34-23-28-15-4-5-16-29(28)24-35(34)39(36)40/h1-24H. The molecule has 0 radical (unpaired) electrons. The Hall–Kier alpha value is -5.20. The largest absolute Gasteiger partial charge is 0.0622 e. The first-order valence-electron chi connectivity index (χ1n) is 14.0. The molecule has 0 spiro atoms. The van der Waals surface area contributed by atoms with Crippen molar-refractivity contribution in [2.75, 3.05) is 0 Å². The Labute approximate surface area is 233 Å². The average Bonchev–Trinajstić information content (AvgIpc) is 3.52. The Morgan fingerprint density at radius 1 is 0.275 bits per heavy atom. The second-order valence-corrected chi connectivity index (χ2v) is 10.8. The van der Waals surface area contributed by atoms with Crippen molar-refractivity contribution in [2.45, 2.75) is 0 Å². The zero-order valence-corrected chi connectivity index (χ0v) is 21.9. The van der Waals surface area contributed by atoms with Crippen LogP contribution in [0.5, 0.6) is 0 Å². The molecule has 0 bridgehead atoms. The quantitative estimate of drug-likeness (QED) is 0.220. The van der Waals surface area contributed by atoms with E-state index in [-0.39, 0.29) is 0 Å². The van der Waals surface area contributed by atoms with Gasteiger partial charge in [0.2, 0.25) is 0 Å². The van der Waals surface area contributed by atoms with Crippen molar-refractivity contribution in [1.29, 1.82) is 0 Å². The van der Waals surface area contributed by atoms with Crippen molar-refractivity contribution in [3.63, 3.8) is 0 Å². The highest BCUT2D eigenvalue weighted by molar-refractivity contribution is 6.38. The zero-order chi connectivity index (χ0) is 26.2. The van der Waals surface area contributed by atoms with E-state index in [0.29, 0.717) is 0 Å². The van der Waals surface area contributed by atoms with Gasteiger partial charge in [0.1, 0.15) is 0 Å². The highest BCUT2D eigenvalue weighted by Gasteiger charge is 2.38. The molecule has 0 saturated carbocycles. The third-order valence-corrected chi connectivity index (χ3v) is 8.74. The lowest BCUT2D eigenvalue weighted by Gasteiger charge is -2.15. The molecule has 0 unspecified atom stereocenters. The van der Waals surface area contributed by atoms with Crippen molar-refractivity contribution < 1.29 is 0 Å². The smallest absolute Gasteiger partial charge is 0.000116 e. The zero-order valence-electron chi connectivity index (χ0n) is 21.9. The summed E-state index contributed by atoms with van der Waals surface area (Å²) in [7, 11) is 0. The fourth-order valence-electron chi connectivity index (χ4n) is 7.07. The summed E-state index contributed by atoms with van der Waals surface area (Å²) in [5.41, 5.74) is 13.3. The van der Waals surface area contributed by atoms with Crippen LogP contribution in [-0.4, -0.2) is 0 Å². The molecule has 0 amide bonds. The molecule has 0 nitrogen and oxygen atoms in total. The average molecular weight is 505 g/mol. The van der Waals surface area contributed by atoms with E-state index in [9.17, 15) is 0 Å². The maximum Gasteiger partial charge on any atom is -0.000116 e. The van der Waals surface area contributed by atoms with Crippen molar-refractivity contribution in [3.05, 3.63) is 179 Å². The number of fused-ring (bicyclic) bond motifs is 9. The normalized spacial score (nSPS) is 13.8. The molecule has 9 rings (SSSR count). The van der Waals surface area contributed by atoms with Gasteiger partial charge in [-0.2, -0.15) is 0 Å². The summed E-state index contributed by atoms with van der Waals surface area (Å²) in [5.74, 6) is 0. The van der Waals surface area contributed by atoms with Gasteiger partial charge >= 0.3 is 0 Å². The molecule has 7 aromatic carbocycles. The molecule has 0 heterocycles. The molecular weight excluding hydrogens is 480 g/mol. The Kier molecular flexibility index (Phi) is 4.42. The van der Waals surface area contributed by atoms with Crippen molar-refractivity contribution in [2.24, 2.45) is 0 Å². The number of rotatable bonds is 2. The summed E-state index contributed by atoms with van der Waals surface area (Å²) in [4.78, 5) is 0. The van der Waals surface area contributed by atoms with E-state index in [2.05, 4.69) is 146 Å². The summed E-state index contributed by atoms with van der Waals surface area (Å²) in [6.07, 6.45) is 0. The first kappa shape index (κ1) is 21.7. The van der Waals surface area contributed by atoms with Gasteiger partial charge in [-0.3, -0.25) is 0 Å². The maximum absolute atomic E-state index is 2.43. The molecule has 7 aromatic rings. The van der Waals surface area contributed by atoms with Crippen LogP contribution in [0.4, 0.5) is 0 Å². The van der Waals surface area contributed by atoms with Gasteiger partial charge in [0, 0.05) is 0 Å². The van der Waals surface area contributed by atoms with E-state index in [1.165, 1.54) is 88.0 Å². The van der Waals surface area contributed by atoms with E-state index in [4.69, 9.17) is 0 Å². The summed E-state index contributed by atoms with van der Waals surface area (Å²) in [6.45, 7) is 0. The lowest BCUT2D eigenvalue weighted by atomic mass is 9.87. The third-order valence-electron chi connectivity index (χ3n) is 8.74. The van der Waals surface area contributed by atoms with Gasteiger partial charge in [-0.1, -0.05) is 133 Å². The molecule has 0 aliphatic heterocycles. The molecule has 0 aromatic heterocycles. The van der Waals surface area contributed by atoms with Gasteiger partial charge in [0.15, 0.2) is 0 Å². The van der Waals surface area contributed by atoms with Crippen LogP contribution in [0.1, 0.15) is 33.4 Å². The molecule has 2 aliphatic carbocycles. The van der Waals surface area contributed by atoms with Crippen molar-refractivity contribution >= 4 is 54.6 Å². The van der Waals surface area contributed by atoms with Gasteiger partial charge in [-0.25, -0.2) is 0 Å². The summed E-state index contributed by atoms with van der Waals surface area (Å²) >= 11 is 0. The second-order valence-electron chi connectivity index (χ2n) is 10.8. The molecule has 0 N–H and O–H groups in total. The topological polar surface area (TPSA) is 0 Å². The van der Waals surface area contributed by atoms with Crippen LogP contribution in [0.3, 0.4) is 0 Å². The van der Waals surface area contributed by atoms with Crippen LogP contribution in [0.2, 0.25) is 0 Å². The Bertz CT molecular complexity index is 2240. The highest BCUT2D eigenvalue weighted by Crippen LogP contribution is 2.60. The molecular formula is C40H24. The lowest BCUT2D eigenvalue weighted by molar-refractivity contribution is 1.56. The number of hydrogen-bond donors (Lipinski definition) is 0. The third kappa shape index (κ3) is 2.91. The minimum Gasteiger partial charge on any atom is -0.0622 e. The van der Waals surface area contributed by atoms with E-state index in [1.54, 1.807) is 0 Å². The van der Waals surface area contributed by atoms with Crippen LogP contribution in [0, 0.1) is 0 Å². The van der Waals surface area contributed by atoms with Gasteiger partial charge in [-0.15, -0.1) is 0 Å². The number of benzene rings is 7. The minimum absolute atomic E-state index is 1.27. The predicted octanol–water partition coefficient (Wildman–Crippen LogP) is 10.4. The molecule has 2 aliphatic rings. The van der Waals surface area contributed by atoms with E-state index < -0.39 is 0 Å².